The molecule has 1 atom stereocenters. The van der Waals surface area contributed by atoms with E-state index in [1.54, 1.807) is 0 Å². The van der Waals surface area contributed by atoms with Gasteiger partial charge in [-0.25, -0.2) is 0 Å². The maximum Gasteiger partial charge on any atom is 0.0783 e. The Morgan fingerprint density at radius 2 is 1.53 bits per heavy atom. The van der Waals surface area contributed by atoms with E-state index in [1.807, 2.05) is 0 Å². The zero-order chi connectivity index (χ0) is 11.9. The van der Waals surface area contributed by atoms with Gasteiger partial charge in [0, 0.05) is 0 Å². The molecule has 92 valence electrons. The van der Waals surface area contributed by atoms with Crippen LogP contribution in [0.1, 0.15) is 52.9 Å². The number of rotatable bonds is 8. The van der Waals surface area contributed by atoms with Gasteiger partial charge in [-0.05, 0) is 18.3 Å². The average Bonchev–Trinajstić information content (AvgIpc) is 2.08. The third-order valence-corrected chi connectivity index (χ3v) is 3.18. The zero-order valence-electron chi connectivity index (χ0n) is 11.8. The fraction of sp³-hybridized carbons (Fsp3) is 1.00. The molecule has 1 nitrogen and oxygen atoms in total. The van der Waals surface area contributed by atoms with E-state index in [4.69, 9.17) is 0 Å². The Kier molecular flexibility index (Phi) is 7.25. The summed E-state index contributed by atoms with van der Waals surface area (Å²) in [5, 5.41) is 0. The van der Waals surface area contributed by atoms with Gasteiger partial charge in [-0.3, -0.25) is 0 Å². The van der Waals surface area contributed by atoms with Crippen LogP contribution in [0.4, 0.5) is 0 Å². The van der Waals surface area contributed by atoms with Gasteiger partial charge in [-0.15, -0.1) is 0 Å². The normalized spacial score (nSPS) is 14.6. The molecule has 15 heavy (non-hydrogen) atoms. The Morgan fingerprint density at radius 3 is 1.93 bits per heavy atom. The van der Waals surface area contributed by atoms with Gasteiger partial charge in [0.05, 0.1) is 27.7 Å². The van der Waals surface area contributed by atoms with E-state index in [0.717, 1.165) is 16.3 Å². The Hall–Kier alpha value is -0.0400. The molecular formula is C14H32N+. The smallest absolute Gasteiger partial charge is 0.0783 e. The Balaban J connectivity index is 3.64. The van der Waals surface area contributed by atoms with Crippen molar-refractivity contribution in [2.24, 2.45) is 11.8 Å². The quantitative estimate of drug-likeness (QED) is 0.537. The van der Waals surface area contributed by atoms with E-state index in [9.17, 15) is 0 Å². The van der Waals surface area contributed by atoms with Gasteiger partial charge in [0.1, 0.15) is 0 Å². The van der Waals surface area contributed by atoms with Crippen molar-refractivity contribution in [3.63, 3.8) is 0 Å². The van der Waals surface area contributed by atoms with Gasteiger partial charge in [-0.2, -0.15) is 0 Å². The predicted molar refractivity (Wildman–Crippen MR) is 70.0 cm³/mol. The van der Waals surface area contributed by atoms with Crippen molar-refractivity contribution < 1.29 is 4.48 Å². The minimum Gasteiger partial charge on any atom is -0.331 e. The van der Waals surface area contributed by atoms with Crippen molar-refractivity contribution >= 4 is 0 Å². The molecule has 0 N–H and O–H groups in total. The third-order valence-electron chi connectivity index (χ3n) is 3.18. The fourth-order valence-corrected chi connectivity index (χ4v) is 1.94. The molecule has 1 heteroatoms. The molecule has 1 unspecified atom stereocenters. The molecule has 0 saturated carbocycles. The van der Waals surface area contributed by atoms with Gasteiger partial charge >= 0.3 is 0 Å². The number of hydrogen-bond acceptors (Lipinski definition) is 0. The number of hydrogen-bond donors (Lipinski definition) is 0. The van der Waals surface area contributed by atoms with Crippen LogP contribution in [-0.4, -0.2) is 32.2 Å². The summed E-state index contributed by atoms with van der Waals surface area (Å²) in [7, 11) is 6.88. The molecule has 0 heterocycles. The van der Waals surface area contributed by atoms with Gasteiger partial charge in [-0.1, -0.05) is 46.5 Å². The van der Waals surface area contributed by atoms with Crippen LogP contribution in [0.3, 0.4) is 0 Å². The summed E-state index contributed by atoms with van der Waals surface area (Å²) >= 11 is 0. The lowest BCUT2D eigenvalue weighted by molar-refractivity contribution is -0.871. The predicted octanol–water partition coefficient (Wildman–Crippen LogP) is 3.94. The van der Waals surface area contributed by atoms with Crippen molar-refractivity contribution in [1.29, 1.82) is 0 Å². The second-order valence-electron chi connectivity index (χ2n) is 6.40. The molecule has 0 fully saturated rings. The Bertz CT molecular complexity index is 144. The van der Waals surface area contributed by atoms with Gasteiger partial charge in [0.2, 0.25) is 0 Å². The topological polar surface area (TPSA) is 0 Å². The summed E-state index contributed by atoms with van der Waals surface area (Å²) in [5.41, 5.74) is 0. The van der Waals surface area contributed by atoms with E-state index in [2.05, 4.69) is 41.9 Å². The number of quaternary nitrogens is 1. The first kappa shape index (κ1) is 15.0. The van der Waals surface area contributed by atoms with Crippen LogP contribution in [0.25, 0.3) is 0 Å². The molecule has 0 radical (unpaired) electrons. The number of nitrogens with zero attached hydrogens (tertiary/aromatic N) is 1. The second-order valence-corrected chi connectivity index (χ2v) is 6.40. The largest absolute Gasteiger partial charge is 0.331 e. The highest BCUT2D eigenvalue weighted by Crippen LogP contribution is 2.19. The van der Waals surface area contributed by atoms with Crippen LogP contribution in [0.5, 0.6) is 0 Å². The first-order chi connectivity index (χ1) is 6.85. The van der Waals surface area contributed by atoms with E-state index < -0.39 is 0 Å². The van der Waals surface area contributed by atoms with E-state index >= 15 is 0 Å². The third kappa shape index (κ3) is 10.2. The molecule has 0 spiro atoms. The standard InChI is InChI=1S/C14H32N/c1-7-14(10-8-9-13(2)3)11-12-15(4,5)6/h13-14H,7-12H2,1-6H3/q+1. The Morgan fingerprint density at radius 1 is 0.933 bits per heavy atom. The maximum atomic E-state index is 2.34. The summed E-state index contributed by atoms with van der Waals surface area (Å²) in [5.74, 6) is 1.84. The lowest BCUT2D eigenvalue weighted by Gasteiger charge is -2.26. The van der Waals surface area contributed by atoms with Crippen LogP contribution in [0.15, 0.2) is 0 Å². The molecule has 0 aliphatic carbocycles. The van der Waals surface area contributed by atoms with Crippen molar-refractivity contribution in [3.05, 3.63) is 0 Å². The molecule has 0 bridgehead atoms. The van der Waals surface area contributed by atoms with Crippen molar-refractivity contribution in [2.45, 2.75) is 52.9 Å². The SMILES string of the molecule is CCC(CCCC(C)C)CC[N+](C)(C)C. The van der Waals surface area contributed by atoms with Crippen molar-refractivity contribution in [2.75, 3.05) is 27.7 Å². The molecule has 0 rings (SSSR count). The van der Waals surface area contributed by atoms with Gasteiger partial charge < -0.3 is 4.48 Å². The maximum absolute atomic E-state index is 2.34. The molecule has 0 amide bonds. The minimum atomic E-state index is 0.876. The van der Waals surface area contributed by atoms with Crippen molar-refractivity contribution in [1.82, 2.24) is 0 Å². The van der Waals surface area contributed by atoms with E-state index in [1.165, 1.54) is 38.6 Å². The molecule has 0 aromatic rings. The van der Waals surface area contributed by atoms with Crippen LogP contribution >= 0.6 is 0 Å². The minimum absolute atomic E-state index is 0.876. The molecule has 0 aliphatic rings. The molecule has 0 aliphatic heterocycles. The van der Waals surface area contributed by atoms with Gasteiger partial charge in [0.25, 0.3) is 0 Å². The molecule has 0 aromatic carbocycles. The highest BCUT2D eigenvalue weighted by molar-refractivity contribution is 4.58. The van der Waals surface area contributed by atoms with Crippen LogP contribution in [-0.2, 0) is 0 Å². The first-order valence-corrected chi connectivity index (χ1v) is 6.65. The van der Waals surface area contributed by atoms with Gasteiger partial charge in [0.15, 0.2) is 0 Å². The first-order valence-electron chi connectivity index (χ1n) is 6.65. The summed E-state index contributed by atoms with van der Waals surface area (Å²) in [6, 6.07) is 0. The molecule has 0 aromatic heterocycles. The summed E-state index contributed by atoms with van der Waals surface area (Å²) < 4.78 is 1.11. The second kappa shape index (κ2) is 7.27. The van der Waals surface area contributed by atoms with Crippen molar-refractivity contribution in [3.8, 4) is 0 Å². The Labute approximate surface area is 97.5 Å². The lowest BCUT2D eigenvalue weighted by Crippen LogP contribution is -2.36. The van der Waals surface area contributed by atoms with Crippen LogP contribution < -0.4 is 0 Å². The summed E-state index contributed by atoms with van der Waals surface area (Å²) in [6.07, 6.45) is 7.03. The molecule has 0 saturated heterocycles. The fourth-order valence-electron chi connectivity index (χ4n) is 1.94. The average molecular weight is 214 g/mol. The van der Waals surface area contributed by atoms with E-state index in [-0.39, 0.29) is 0 Å². The lowest BCUT2D eigenvalue weighted by atomic mass is 9.93. The van der Waals surface area contributed by atoms with Crippen LogP contribution in [0, 0.1) is 11.8 Å². The zero-order valence-corrected chi connectivity index (χ0v) is 11.8. The monoisotopic (exact) mass is 214 g/mol. The summed E-state index contributed by atoms with van der Waals surface area (Å²) in [4.78, 5) is 0. The highest BCUT2D eigenvalue weighted by atomic mass is 15.3. The highest BCUT2D eigenvalue weighted by Gasteiger charge is 2.12. The molecular weight excluding hydrogens is 182 g/mol. The van der Waals surface area contributed by atoms with E-state index in [0.29, 0.717) is 0 Å². The van der Waals surface area contributed by atoms with Crippen LogP contribution in [0.2, 0.25) is 0 Å². The summed E-state index contributed by atoms with van der Waals surface area (Å²) in [6.45, 7) is 8.32.